The Morgan fingerprint density at radius 3 is 2.57 bits per heavy atom. The van der Waals surface area contributed by atoms with Crippen LogP contribution in [0.1, 0.15) is 66.5 Å². The summed E-state index contributed by atoms with van der Waals surface area (Å²) in [7, 11) is -3.78. The molecular formula is C35H46F2N7O6P. The number of ether oxygens (including phenoxy) is 1. The van der Waals surface area contributed by atoms with E-state index in [0.29, 0.717) is 35.2 Å². The summed E-state index contributed by atoms with van der Waals surface area (Å²) in [6.07, 6.45) is 4.02. The van der Waals surface area contributed by atoms with E-state index in [0.717, 1.165) is 43.8 Å². The fourth-order valence-electron chi connectivity index (χ4n) is 5.59. The van der Waals surface area contributed by atoms with Gasteiger partial charge in [-0.2, -0.15) is 5.10 Å². The van der Waals surface area contributed by atoms with Crippen molar-refractivity contribution in [3.8, 4) is 5.75 Å². The Hall–Kier alpha value is -4.01. The number of hydrogen-bond donors (Lipinski definition) is 3. The van der Waals surface area contributed by atoms with E-state index in [2.05, 4.69) is 35.7 Å². The molecule has 3 N–H and O–H groups in total. The molecule has 16 heteroatoms. The number of rotatable bonds is 15. The summed E-state index contributed by atoms with van der Waals surface area (Å²) >= 11 is 0. The highest BCUT2D eigenvalue weighted by Gasteiger charge is 2.38. The fraction of sp³-hybridized carbons (Fsp3) is 0.486. The normalized spacial score (nSPS) is 15.7. The molecule has 0 radical (unpaired) electrons. The van der Waals surface area contributed by atoms with Crippen molar-refractivity contribution < 1.29 is 36.4 Å². The van der Waals surface area contributed by atoms with Crippen molar-refractivity contribution in [1.82, 2.24) is 25.1 Å². The second-order valence-corrected chi connectivity index (χ2v) is 15.8. The Labute approximate surface area is 296 Å². The Balaban J connectivity index is 1.11. The smallest absolute Gasteiger partial charge is 0.475 e. The zero-order chi connectivity index (χ0) is 36.8. The summed E-state index contributed by atoms with van der Waals surface area (Å²) in [5.74, 6) is -1.13. The van der Waals surface area contributed by atoms with Gasteiger partial charge in [-0.25, -0.2) is 23.3 Å². The first kappa shape index (κ1) is 38.2. The third-order valence-corrected chi connectivity index (χ3v) is 9.62. The molecule has 1 aliphatic heterocycles. The van der Waals surface area contributed by atoms with Gasteiger partial charge in [-0.15, -0.1) is 0 Å². The molecule has 1 atom stereocenters. The summed E-state index contributed by atoms with van der Waals surface area (Å²) in [4.78, 5) is 23.5. The number of carbonyl (C=O) groups excluding carboxylic acids is 1. The van der Waals surface area contributed by atoms with E-state index in [-0.39, 0.29) is 24.8 Å². The second-order valence-electron chi connectivity index (χ2n) is 14.3. The van der Waals surface area contributed by atoms with Crippen molar-refractivity contribution in [3.63, 3.8) is 0 Å². The number of fused-ring (bicyclic) bond motifs is 1. The van der Waals surface area contributed by atoms with Crippen LogP contribution in [0, 0.1) is 11.6 Å². The molecule has 5 rings (SSSR count). The molecule has 0 saturated carbocycles. The lowest BCUT2D eigenvalue weighted by molar-refractivity contribution is -0.115. The van der Waals surface area contributed by atoms with Gasteiger partial charge >= 0.3 is 7.82 Å². The third-order valence-electron chi connectivity index (χ3n) is 7.62. The van der Waals surface area contributed by atoms with Crippen molar-refractivity contribution >= 4 is 42.0 Å². The molecule has 51 heavy (non-hydrogen) atoms. The maximum Gasteiger partial charge on any atom is 0.475 e. The summed E-state index contributed by atoms with van der Waals surface area (Å²) < 4.78 is 64.3. The van der Waals surface area contributed by atoms with Gasteiger partial charge in [0.25, 0.3) is 0 Å². The number of amides is 1. The average molecular weight is 730 g/mol. The first-order chi connectivity index (χ1) is 24.1. The first-order valence-corrected chi connectivity index (χ1v) is 18.3. The summed E-state index contributed by atoms with van der Waals surface area (Å²) in [5.41, 5.74) is -0.503. The molecule has 2 aromatic heterocycles. The van der Waals surface area contributed by atoms with Crippen LogP contribution in [0.15, 0.2) is 48.8 Å². The summed E-state index contributed by atoms with van der Waals surface area (Å²) in [6, 6.07) is 10.8. The fourth-order valence-corrected chi connectivity index (χ4v) is 7.43. The van der Waals surface area contributed by atoms with Gasteiger partial charge in [0.2, 0.25) is 5.91 Å². The van der Waals surface area contributed by atoms with Gasteiger partial charge in [0, 0.05) is 35.8 Å². The van der Waals surface area contributed by atoms with Gasteiger partial charge in [0.1, 0.15) is 17.9 Å². The number of nitrogens with one attached hydrogen (secondary N) is 3. The number of halogens is 2. The number of aromatic amines is 1. The zero-order valence-electron chi connectivity index (χ0n) is 29.8. The minimum Gasteiger partial charge on any atom is -0.493 e. The number of aromatic nitrogens is 4. The number of phosphoric acid groups is 1. The first-order valence-electron chi connectivity index (χ1n) is 16.9. The molecule has 0 unspecified atom stereocenters. The van der Waals surface area contributed by atoms with Gasteiger partial charge < -0.3 is 15.4 Å². The van der Waals surface area contributed by atoms with Crippen molar-refractivity contribution in [3.05, 3.63) is 66.1 Å². The Kier molecular flexibility index (Phi) is 12.1. The lowest BCUT2D eigenvalue weighted by atomic mass is 10.2. The van der Waals surface area contributed by atoms with E-state index in [4.69, 9.17) is 18.3 Å². The topological polar surface area (TPSA) is 153 Å². The van der Waals surface area contributed by atoms with Crippen LogP contribution in [-0.2, 0) is 29.4 Å². The highest BCUT2D eigenvalue weighted by Crippen LogP contribution is 2.55. The number of carbonyl (C=O) groups is 1. The molecule has 1 aliphatic rings. The van der Waals surface area contributed by atoms with E-state index in [1.54, 1.807) is 6.07 Å². The lowest BCUT2D eigenvalue weighted by Gasteiger charge is -2.32. The molecule has 1 amide bonds. The van der Waals surface area contributed by atoms with Gasteiger partial charge in [-0.3, -0.25) is 28.4 Å². The number of likely N-dealkylation sites (tertiary alicyclic amines) is 1. The third kappa shape index (κ3) is 11.2. The number of benzene rings is 2. The number of nitrogens with zero attached hydrogens (tertiary/aromatic N) is 4. The molecule has 0 bridgehead atoms. The van der Waals surface area contributed by atoms with Crippen molar-refractivity contribution in [2.45, 2.75) is 84.5 Å². The van der Waals surface area contributed by atoms with Crippen LogP contribution < -0.4 is 15.4 Å². The molecule has 0 aliphatic carbocycles. The molecule has 4 aromatic rings. The average Bonchev–Trinajstić information content (AvgIpc) is 3.67. The SMILES string of the molecule is CC(C)(C)OP(=O)(OC[C@H]1CCCN1CCCOc1ccc2c(Nc3cc(CC(=O)Nc4cccc(F)c4F)[nH]n3)ncnc2c1)OC(C)(C)C. The zero-order valence-corrected chi connectivity index (χ0v) is 30.7. The predicted octanol–water partition coefficient (Wildman–Crippen LogP) is 7.54. The van der Waals surface area contributed by atoms with Crippen LogP contribution in [-0.4, -0.2) is 74.5 Å². The van der Waals surface area contributed by atoms with Crippen molar-refractivity contribution in [2.75, 3.05) is 36.9 Å². The Morgan fingerprint density at radius 1 is 1.06 bits per heavy atom. The standard InChI is InChI=1S/C35H46F2N7O6P/c1-34(2,3)49-51(46,50-35(4,5)6)48-21-24-10-8-15-44(24)16-9-17-47-25-13-14-26-29(20-25)38-22-39-33(26)41-30-18-23(42-43-30)19-31(45)40-28-12-7-11-27(36)32(28)37/h7,11-14,18,20,22,24H,8-10,15-17,19,21H2,1-6H3,(H,40,45)(H2,38,39,41,42,43)/t24-/m1/s1. The highest BCUT2D eigenvalue weighted by atomic mass is 31.2. The van der Waals surface area contributed by atoms with Crippen LogP contribution in [0.4, 0.5) is 26.1 Å². The van der Waals surface area contributed by atoms with Gasteiger partial charge in [0.05, 0.1) is 42.0 Å². The van der Waals surface area contributed by atoms with Crippen LogP contribution in [0.2, 0.25) is 0 Å². The van der Waals surface area contributed by atoms with Gasteiger partial charge in [-0.1, -0.05) is 6.07 Å². The largest absolute Gasteiger partial charge is 0.493 e. The monoisotopic (exact) mass is 729 g/mol. The number of hydrogen-bond acceptors (Lipinski definition) is 11. The number of phosphoric ester groups is 1. The second kappa shape index (κ2) is 16.1. The number of H-pyrrole nitrogens is 1. The molecule has 3 heterocycles. The molecule has 0 spiro atoms. The van der Waals surface area contributed by atoms with E-state index in [9.17, 15) is 18.1 Å². The lowest BCUT2D eigenvalue weighted by Crippen LogP contribution is -2.35. The maximum absolute atomic E-state index is 13.9. The van der Waals surface area contributed by atoms with E-state index >= 15 is 0 Å². The van der Waals surface area contributed by atoms with Crippen molar-refractivity contribution in [1.29, 1.82) is 0 Å². The minimum absolute atomic E-state index is 0.0984. The van der Waals surface area contributed by atoms with Gasteiger partial charge in [0.15, 0.2) is 17.5 Å². The predicted molar refractivity (Wildman–Crippen MR) is 190 cm³/mol. The Bertz CT molecular complexity index is 1840. The van der Waals surface area contributed by atoms with Crippen LogP contribution in [0.5, 0.6) is 5.75 Å². The van der Waals surface area contributed by atoms with E-state index in [1.165, 1.54) is 18.5 Å². The molecular weight excluding hydrogens is 683 g/mol. The van der Waals surface area contributed by atoms with E-state index in [1.807, 2.05) is 59.7 Å². The van der Waals surface area contributed by atoms with Crippen LogP contribution in [0.25, 0.3) is 10.9 Å². The van der Waals surface area contributed by atoms with Crippen LogP contribution >= 0.6 is 7.82 Å². The highest BCUT2D eigenvalue weighted by molar-refractivity contribution is 7.48. The van der Waals surface area contributed by atoms with Crippen LogP contribution in [0.3, 0.4) is 0 Å². The van der Waals surface area contributed by atoms with E-state index < -0.39 is 36.6 Å². The Morgan fingerprint density at radius 2 is 1.82 bits per heavy atom. The molecule has 1 saturated heterocycles. The molecule has 2 aromatic carbocycles. The van der Waals surface area contributed by atoms with Gasteiger partial charge in [-0.05, 0) is 91.6 Å². The summed E-state index contributed by atoms with van der Waals surface area (Å²) in [5, 5.41) is 13.2. The molecule has 276 valence electrons. The molecule has 13 nitrogen and oxygen atoms in total. The summed E-state index contributed by atoms with van der Waals surface area (Å²) in [6.45, 7) is 13.4. The number of anilines is 3. The molecule has 1 fully saturated rings. The van der Waals surface area contributed by atoms with Crippen molar-refractivity contribution in [2.24, 2.45) is 0 Å². The quantitative estimate of drug-likeness (QED) is 0.0822. The maximum atomic E-state index is 13.9. The minimum atomic E-state index is -3.78.